The third-order valence-electron chi connectivity index (χ3n) is 8.70. The average Bonchev–Trinajstić information content (AvgIpc) is 3.57. The summed E-state index contributed by atoms with van der Waals surface area (Å²) in [4.78, 5) is 0. The van der Waals surface area contributed by atoms with Crippen LogP contribution >= 0.6 is 0 Å². The quantitative estimate of drug-likeness (QED) is 0.213. The molecule has 2 aromatic heterocycles. The molecule has 7 aromatic carbocycles. The molecule has 0 bridgehead atoms. The Balaban J connectivity index is 1.40. The summed E-state index contributed by atoms with van der Waals surface area (Å²) in [6, 6.07) is 57.2. The van der Waals surface area contributed by atoms with E-state index < -0.39 is 0 Å². The second kappa shape index (κ2) is 8.95. The maximum Gasteiger partial charge on any atom is 0.0619 e. The highest BCUT2D eigenvalue weighted by atomic mass is 15.0. The molecule has 0 atom stereocenters. The molecule has 0 aliphatic carbocycles. The second-order valence-electron chi connectivity index (χ2n) is 11.0. The van der Waals surface area contributed by atoms with Crippen molar-refractivity contribution < 1.29 is 0 Å². The average molecular weight is 535 g/mol. The number of benzene rings is 7. The van der Waals surface area contributed by atoms with Crippen LogP contribution < -0.4 is 0 Å². The summed E-state index contributed by atoms with van der Waals surface area (Å²) in [5.41, 5.74) is 9.69. The van der Waals surface area contributed by atoms with Crippen LogP contribution in [-0.4, -0.2) is 9.13 Å². The Kier molecular flexibility index (Phi) is 4.93. The van der Waals surface area contributed by atoms with Crippen molar-refractivity contribution in [1.82, 2.24) is 9.13 Å². The first kappa shape index (κ1) is 23.1. The monoisotopic (exact) mass is 534 g/mol. The minimum Gasteiger partial charge on any atom is -0.309 e. The molecular formula is C40H26N2. The number of hydrogen-bond acceptors (Lipinski definition) is 0. The predicted molar refractivity (Wildman–Crippen MR) is 178 cm³/mol. The van der Waals surface area contributed by atoms with E-state index in [0.717, 1.165) is 0 Å². The predicted octanol–water partition coefficient (Wildman–Crippen LogP) is 10.7. The number of nitrogens with zero attached hydrogens (tertiary/aromatic N) is 2. The van der Waals surface area contributed by atoms with Crippen LogP contribution in [0.4, 0.5) is 0 Å². The fourth-order valence-electron chi connectivity index (χ4n) is 6.90. The number of hydrogen-bond donors (Lipinski definition) is 0. The summed E-state index contributed by atoms with van der Waals surface area (Å²) in [7, 11) is 0. The van der Waals surface area contributed by atoms with E-state index >= 15 is 0 Å². The van der Waals surface area contributed by atoms with Crippen LogP contribution in [0.5, 0.6) is 0 Å². The van der Waals surface area contributed by atoms with E-state index in [1.807, 2.05) is 0 Å². The van der Waals surface area contributed by atoms with Gasteiger partial charge in [-0.1, -0.05) is 121 Å². The minimum atomic E-state index is 1.17. The van der Waals surface area contributed by atoms with Crippen molar-refractivity contribution in [3.63, 3.8) is 0 Å². The van der Waals surface area contributed by atoms with Gasteiger partial charge in [0.25, 0.3) is 0 Å². The molecule has 9 rings (SSSR count). The Morgan fingerprint density at radius 1 is 0.357 bits per heavy atom. The van der Waals surface area contributed by atoms with Crippen LogP contribution in [0, 0.1) is 0 Å². The largest absolute Gasteiger partial charge is 0.309 e. The lowest BCUT2D eigenvalue weighted by molar-refractivity contribution is 1.18. The van der Waals surface area contributed by atoms with Crippen molar-refractivity contribution in [2.24, 2.45) is 0 Å². The molecule has 9 aromatic rings. The van der Waals surface area contributed by atoms with Gasteiger partial charge in [-0.2, -0.15) is 0 Å². The molecule has 0 fully saturated rings. The van der Waals surface area contributed by atoms with Gasteiger partial charge in [0.15, 0.2) is 0 Å². The fourth-order valence-corrected chi connectivity index (χ4v) is 6.90. The molecule has 2 nitrogen and oxygen atoms in total. The van der Waals surface area contributed by atoms with Crippen LogP contribution in [-0.2, 0) is 0 Å². The fraction of sp³-hybridized carbons (Fsp3) is 0. The van der Waals surface area contributed by atoms with E-state index in [9.17, 15) is 0 Å². The van der Waals surface area contributed by atoms with E-state index in [4.69, 9.17) is 0 Å². The maximum absolute atomic E-state index is 2.45. The third-order valence-corrected chi connectivity index (χ3v) is 8.70. The molecule has 0 radical (unpaired) electrons. The van der Waals surface area contributed by atoms with Gasteiger partial charge in [0.2, 0.25) is 0 Å². The summed E-state index contributed by atoms with van der Waals surface area (Å²) < 4.78 is 4.87. The first-order valence-corrected chi connectivity index (χ1v) is 14.5. The Morgan fingerprint density at radius 3 is 1.79 bits per heavy atom. The second-order valence-corrected chi connectivity index (χ2v) is 11.0. The molecule has 2 heterocycles. The molecule has 196 valence electrons. The highest BCUT2D eigenvalue weighted by molar-refractivity contribution is 6.15. The van der Waals surface area contributed by atoms with Crippen LogP contribution in [0.15, 0.2) is 158 Å². The van der Waals surface area contributed by atoms with Gasteiger partial charge < -0.3 is 9.13 Å². The molecule has 0 N–H and O–H groups in total. The van der Waals surface area contributed by atoms with Crippen LogP contribution in [0.1, 0.15) is 0 Å². The maximum atomic E-state index is 2.45. The normalized spacial score (nSPS) is 11.8. The lowest BCUT2D eigenvalue weighted by atomic mass is 10.00. The zero-order valence-electron chi connectivity index (χ0n) is 22.9. The van der Waals surface area contributed by atoms with Crippen molar-refractivity contribution in [2.45, 2.75) is 0 Å². The molecular weight excluding hydrogens is 508 g/mol. The Bertz CT molecular complexity index is 2450. The van der Waals surface area contributed by atoms with Gasteiger partial charge in [0.1, 0.15) is 0 Å². The zero-order chi connectivity index (χ0) is 27.6. The van der Waals surface area contributed by atoms with Crippen LogP contribution in [0.3, 0.4) is 0 Å². The SMILES string of the molecule is c1ccc(-n2c3ccccc3c3cccc(-c4ccc5c6ccccc6n(-c6cccc7ccccc67)c5c4)c32)cc1. The van der Waals surface area contributed by atoms with E-state index in [1.165, 1.54) is 76.9 Å². The standard InChI is InChI=1S/C40H26N2/c1-2-14-29(15-3-1)41-37-21-8-7-18-33(37)35-20-11-19-31(40(35)41)28-24-25-34-32-17-6-9-22-38(32)42(39(34)26-28)36-23-10-13-27-12-4-5-16-30(27)36/h1-26H. The van der Waals surface area contributed by atoms with Crippen molar-refractivity contribution in [2.75, 3.05) is 0 Å². The molecule has 0 saturated carbocycles. The molecule has 0 spiro atoms. The topological polar surface area (TPSA) is 9.86 Å². The van der Waals surface area contributed by atoms with Crippen LogP contribution in [0.2, 0.25) is 0 Å². The summed E-state index contributed by atoms with van der Waals surface area (Å²) in [5.74, 6) is 0. The van der Waals surface area contributed by atoms with E-state index in [1.54, 1.807) is 0 Å². The van der Waals surface area contributed by atoms with Gasteiger partial charge in [0.05, 0.1) is 27.8 Å². The lowest BCUT2D eigenvalue weighted by Crippen LogP contribution is -1.96. The highest BCUT2D eigenvalue weighted by Gasteiger charge is 2.18. The van der Waals surface area contributed by atoms with Crippen LogP contribution in [0.25, 0.3) is 76.9 Å². The first-order valence-electron chi connectivity index (χ1n) is 14.5. The molecule has 0 amide bonds. The summed E-state index contributed by atoms with van der Waals surface area (Å²) in [6.45, 7) is 0. The van der Waals surface area contributed by atoms with Crippen molar-refractivity contribution in [1.29, 1.82) is 0 Å². The molecule has 0 unspecified atom stereocenters. The minimum absolute atomic E-state index is 1.17. The number of rotatable bonds is 3. The summed E-state index contributed by atoms with van der Waals surface area (Å²) in [5, 5.41) is 7.56. The van der Waals surface area contributed by atoms with E-state index in [-0.39, 0.29) is 0 Å². The smallest absolute Gasteiger partial charge is 0.0619 e. The molecule has 0 aliphatic heterocycles. The number of fused-ring (bicyclic) bond motifs is 7. The van der Waals surface area contributed by atoms with E-state index in [0.29, 0.717) is 0 Å². The zero-order valence-corrected chi connectivity index (χ0v) is 22.9. The molecule has 0 saturated heterocycles. The van der Waals surface area contributed by atoms with E-state index in [2.05, 4.69) is 167 Å². The summed E-state index contributed by atoms with van der Waals surface area (Å²) in [6.07, 6.45) is 0. The Labute approximate surface area is 243 Å². The van der Waals surface area contributed by atoms with Gasteiger partial charge in [-0.15, -0.1) is 0 Å². The van der Waals surface area contributed by atoms with Crippen molar-refractivity contribution in [3.05, 3.63) is 158 Å². The van der Waals surface area contributed by atoms with Gasteiger partial charge >= 0.3 is 0 Å². The number of para-hydroxylation sites is 4. The lowest BCUT2D eigenvalue weighted by Gasteiger charge is -2.14. The van der Waals surface area contributed by atoms with Gasteiger partial charge in [-0.25, -0.2) is 0 Å². The van der Waals surface area contributed by atoms with Crippen molar-refractivity contribution >= 4 is 54.4 Å². The van der Waals surface area contributed by atoms with Crippen molar-refractivity contribution in [3.8, 4) is 22.5 Å². The van der Waals surface area contributed by atoms with Gasteiger partial charge in [-0.05, 0) is 47.3 Å². The Morgan fingerprint density at radius 2 is 0.952 bits per heavy atom. The number of aromatic nitrogens is 2. The molecule has 42 heavy (non-hydrogen) atoms. The third kappa shape index (κ3) is 3.27. The van der Waals surface area contributed by atoms with Gasteiger partial charge in [0, 0.05) is 38.2 Å². The highest BCUT2D eigenvalue weighted by Crippen LogP contribution is 2.41. The molecule has 0 aliphatic rings. The summed E-state index contributed by atoms with van der Waals surface area (Å²) >= 11 is 0. The Hall–Kier alpha value is -5.60. The van der Waals surface area contributed by atoms with Gasteiger partial charge in [-0.3, -0.25) is 0 Å². The first-order chi connectivity index (χ1) is 20.9. The molecule has 2 heteroatoms.